The number of hydrogen-bond acceptors (Lipinski definition) is 6. The summed E-state index contributed by atoms with van der Waals surface area (Å²) >= 11 is 1.55. The van der Waals surface area contributed by atoms with Gasteiger partial charge in [0.1, 0.15) is 11.4 Å². The minimum atomic E-state index is -0.216. The van der Waals surface area contributed by atoms with E-state index in [1.165, 1.54) is 4.88 Å². The maximum absolute atomic E-state index is 13.4. The first-order chi connectivity index (χ1) is 16.1. The van der Waals surface area contributed by atoms with Gasteiger partial charge in [-0.2, -0.15) is 5.10 Å². The number of carbonyl (C=O) groups excluding carboxylic acids is 1. The number of nitrogens with one attached hydrogen (secondary N) is 1. The van der Waals surface area contributed by atoms with Gasteiger partial charge in [-0.3, -0.25) is 14.8 Å². The predicted molar refractivity (Wildman–Crippen MR) is 130 cm³/mol. The van der Waals surface area contributed by atoms with E-state index in [0.29, 0.717) is 28.7 Å². The van der Waals surface area contributed by atoms with Crippen molar-refractivity contribution in [2.45, 2.75) is 19.5 Å². The van der Waals surface area contributed by atoms with Gasteiger partial charge in [0.15, 0.2) is 5.13 Å². The van der Waals surface area contributed by atoms with E-state index in [0.717, 1.165) is 36.3 Å². The third-order valence-electron chi connectivity index (χ3n) is 5.68. The number of aromatic nitrogens is 3. The maximum Gasteiger partial charge on any atom is 0.261 e. The highest BCUT2D eigenvalue weighted by Gasteiger charge is 2.22. The Hall–Kier alpha value is -3.49. The van der Waals surface area contributed by atoms with Crippen LogP contribution in [-0.4, -0.2) is 46.3 Å². The maximum atomic E-state index is 13.4. The van der Waals surface area contributed by atoms with Crippen molar-refractivity contribution in [3.05, 3.63) is 82.5 Å². The first kappa shape index (κ1) is 21.4. The van der Waals surface area contributed by atoms with Crippen LogP contribution in [0.15, 0.2) is 60.8 Å². The molecule has 1 amide bonds. The summed E-state index contributed by atoms with van der Waals surface area (Å²) in [7, 11) is 3.73. The number of benzene rings is 2. The molecular weight excluding hydrogens is 434 g/mol. The van der Waals surface area contributed by atoms with Crippen LogP contribution < -0.4 is 10.1 Å². The van der Waals surface area contributed by atoms with E-state index >= 15 is 0 Å². The quantitative estimate of drug-likeness (QED) is 0.465. The largest absolute Gasteiger partial charge is 0.497 e. The van der Waals surface area contributed by atoms with E-state index in [2.05, 4.69) is 22.2 Å². The van der Waals surface area contributed by atoms with Crippen LogP contribution >= 0.6 is 11.3 Å². The molecule has 8 heteroatoms. The highest BCUT2D eigenvalue weighted by atomic mass is 32.1. The van der Waals surface area contributed by atoms with E-state index in [1.807, 2.05) is 54.6 Å². The van der Waals surface area contributed by atoms with Gasteiger partial charge in [0.25, 0.3) is 5.91 Å². The number of ether oxygens (including phenoxy) is 1. The summed E-state index contributed by atoms with van der Waals surface area (Å²) in [4.78, 5) is 21.5. The summed E-state index contributed by atoms with van der Waals surface area (Å²) in [6.07, 6.45) is 2.71. The summed E-state index contributed by atoms with van der Waals surface area (Å²) in [5.41, 5.74) is 4.14. The zero-order chi connectivity index (χ0) is 22.8. The van der Waals surface area contributed by atoms with E-state index in [1.54, 1.807) is 29.3 Å². The Kier molecular flexibility index (Phi) is 5.93. The van der Waals surface area contributed by atoms with Crippen molar-refractivity contribution >= 4 is 22.4 Å². The van der Waals surface area contributed by atoms with Gasteiger partial charge >= 0.3 is 0 Å². The number of likely N-dealkylation sites (N-methyl/N-ethyl adjacent to an activating group) is 1. The van der Waals surface area contributed by atoms with E-state index in [9.17, 15) is 4.79 Å². The molecule has 0 bridgehead atoms. The molecule has 0 saturated heterocycles. The number of carbonyl (C=O) groups is 1. The molecule has 1 N–H and O–H groups in total. The Morgan fingerprint density at radius 1 is 1.18 bits per heavy atom. The number of hydrogen-bond donors (Lipinski definition) is 1. The number of methoxy groups -OCH3 is 1. The number of rotatable bonds is 6. The van der Waals surface area contributed by atoms with Crippen LogP contribution in [-0.2, 0) is 19.5 Å². The molecule has 33 heavy (non-hydrogen) atoms. The normalized spacial score (nSPS) is 13.5. The number of anilines is 1. The van der Waals surface area contributed by atoms with Gasteiger partial charge in [-0.05, 0) is 24.7 Å². The van der Waals surface area contributed by atoms with E-state index < -0.39 is 0 Å². The zero-order valence-electron chi connectivity index (χ0n) is 18.6. The van der Waals surface area contributed by atoms with E-state index in [-0.39, 0.29) is 5.91 Å². The lowest BCUT2D eigenvalue weighted by Crippen LogP contribution is -2.25. The first-order valence-corrected chi connectivity index (χ1v) is 11.6. The first-order valence-electron chi connectivity index (χ1n) is 10.8. The number of thiazole rings is 1. The SMILES string of the molecule is COc1cccc(-c2nn(Cc3ccccc3)cc2C(=O)Nc2nc3c(s2)CN(C)CC3)c1. The van der Waals surface area contributed by atoms with Crippen LogP contribution in [0.4, 0.5) is 5.13 Å². The van der Waals surface area contributed by atoms with Crippen molar-refractivity contribution in [1.29, 1.82) is 0 Å². The molecule has 2 aromatic carbocycles. The topological polar surface area (TPSA) is 72.3 Å². The molecule has 1 aliphatic heterocycles. The van der Waals surface area contributed by atoms with Crippen LogP contribution in [0.1, 0.15) is 26.5 Å². The smallest absolute Gasteiger partial charge is 0.261 e. The molecule has 2 aromatic heterocycles. The van der Waals surface area contributed by atoms with Gasteiger partial charge in [-0.1, -0.05) is 42.5 Å². The summed E-state index contributed by atoms with van der Waals surface area (Å²) in [5, 5.41) is 8.41. The Balaban J connectivity index is 1.47. The van der Waals surface area contributed by atoms with Crippen molar-refractivity contribution in [2.75, 3.05) is 26.0 Å². The minimum Gasteiger partial charge on any atom is -0.497 e. The molecular formula is C25H25N5O2S. The molecule has 7 nitrogen and oxygen atoms in total. The van der Waals surface area contributed by atoms with Crippen molar-refractivity contribution < 1.29 is 9.53 Å². The van der Waals surface area contributed by atoms with Crippen LogP contribution in [0.3, 0.4) is 0 Å². The second kappa shape index (κ2) is 9.17. The summed E-state index contributed by atoms with van der Waals surface area (Å²) < 4.78 is 7.19. The molecule has 0 saturated carbocycles. The third kappa shape index (κ3) is 4.67. The van der Waals surface area contributed by atoms with Crippen molar-refractivity contribution in [1.82, 2.24) is 19.7 Å². The van der Waals surface area contributed by atoms with Crippen LogP contribution in [0.2, 0.25) is 0 Å². The molecule has 0 fully saturated rings. The van der Waals surface area contributed by atoms with Crippen molar-refractivity contribution in [3.8, 4) is 17.0 Å². The Labute approximate surface area is 196 Å². The molecule has 5 rings (SSSR count). The molecule has 0 unspecified atom stereocenters. The average molecular weight is 460 g/mol. The van der Waals surface area contributed by atoms with Gasteiger partial charge < -0.3 is 9.64 Å². The number of fused-ring (bicyclic) bond motifs is 1. The highest BCUT2D eigenvalue weighted by Crippen LogP contribution is 2.30. The van der Waals surface area contributed by atoms with Crippen LogP contribution in [0.5, 0.6) is 5.75 Å². The van der Waals surface area contributed by atoms with Crippen LogP contribution in [0, 0.1) is 0 Å². The molecule has 0 spiro atoms. The van der Waals surface area contributed by atoms with Gasteiger partial charge in [-0.25, -0.2) is 4.98 Å². The fourth-order valence-electron chi connectivity index (χ4n) is 3.96. The lowest BCUT2D eigenvalue weighted by molar-refractivity contribution is 0.102. The molecule has 0 atom stereocenters. The molecule has 3 heterocycles. The van der Waals surface area contributed by atoms with E-state index in [4.69, 9.17) is 9.84 Å². The van der Waals surface area contributed by atoms with Crippen molar-refractivity contribution in [3.63, 3.8) is 0 Å². The fourth-order valence-corrected chi connectivity index (χ4v) is 5.05. The summed E-state index contributed by atoms with van der Waals surface area (Å²) in [6.45, 7) is 2.42. The Morgan fingerprint density at radius 3 is 2.85 bits per heavy atom. The summed E-state index contributed by atoms with van der Waals surface area (Å²) in [6, 6.07) is 17.7. The van der Waals surface area contributed by atoms with Gasteiger partial charge in [0, 0.05) is 36.1 Å². The predicted octanol–water partition coefficient (Wildman–Crippen LogP) is 4.30. The molecule has 0 radical (unpaired) electrons. The number of amides is 1. The molecule has 168 valence electrons. The van der Waals surface area contributed by atoms with Crippen molar-refractivity contribution in [2.24, 2.45) is 0 Å². The Bertz CT molecular complexity index is 1280. The van der Waals surface area contributed by atoms with Crippen LogP contribution in [0.25, 0.3) is 11.3 Å². The zero-order valence-corrected chi connectivity index (χ0v) is 19.4. The van der Waals surface area contributed by atoms with Gasteiger partial charge in [-0.15, -0.1) is 11.3 Å². The third-order valence-corrected chi connectivity index (χ3v) is 6.68. The molecule has 0 aliphatic carbocycles. The Morgan fingerprint density at radius 2 is 2.03 bits per heavy atom. The fraction of sp³-hybridized carbons (Fsp3) is 0.240. The van der Waals surface area contributed by atoms with Gasteiger partial charge in [0.05, 0.1) is 24.9 Å². The van der Waals surface area contributed by atoms with Gasteiger partial charge in [0.2, 0.25) is 0 Å². The second-order valence-electron chi connectivity index (χ2n) is 8.14. The molecule has 1 aliphatic rings. The average Bonchev–Trinajstić information content (AvgIpc) is 3.43. The highest BCUT2D eigenvalue weighted by molar-refractivity contribution is 7.15. The monoisotopic (exact) mass is 459 g/mol. The lowest BCUT2D eigenvalue weighted by Gasteiger charge is -2.20. The minimum absolute atomic E-state index is 0.216. The second-order valence-corrected chi connectivity index (χ2v) is 9.22. The molecule has 4 aromatic rings. The number of nitrogens with zero attached hydrogens (tertiary/aromatic N) is 4. The lowest BCUT2D eigenvalue weighted by atomic mass is 10.1. The summed E-state index contributed by atoms with van der Waals surface area (Å²) in [5.74, 6) is 0.500. The standard InChI is InChI=1S/C25H25N5O2S/c1-29-12-11-21-22(16-29)33-25(26-21)27-24(31)20-15-30(14-17-7-4-3-5-8-17)28-23(20)18-9-6-10-19(13-18)32-2/h3-10,13,15H,11-12,14,16H2,1-2H3,(H,26,27,31).